The van der Waals surface area contributed by atoms with Crippen LogP contribution in [0.1, 0.15) is 16.6 Å². The average Bonchev–Trinajstić information content (AvgIpc) is 2.54. The quantitative estimate of drug-likeness (QED) is 0.545. The first-order chi connectivity index (χ1) is 6.29. The van der Waals surface area contributed by atoms with Gasteiger partial charge in [-0.1, -0.05) is 0 Å². The summed E-state index contributed by atoms with van der Waals surface area (Å²) in [6, 6.07) is 1.55. The number of rotatable bonds is 4. The van der Waals surface area contributed by atoms with Crippen molar-refractivity contribution in [3.63, 3.8) is 0 Å². The summed E-state index contributed by atoms with van der Waals surface area (Å²) in [5.74, 6) is -0.215. The van der Waals surface area contributed by atoms with Crippen molar-refractivity contribution in [2.45, 2.75) is 6.92 Å². The largest absolute Gasteiger partial charge is 0.462 e. The maximum atomic E-state index is 11.2. The van der Waals surface area contributed by atoms with Crippen LogP contribution in [0.2, 0.25) is 0 Å². The second-order valence-electron chi connectivity index (χ2n) is 2.05. The molecule has 0 aromatic carbocycles. The van der Waals surface area contributed by atoms with E-state index in [0.29, 0.717) is 11.5 Å². The van der Waals surface area contributed by atoms with Gasteiger partial charge in [-0.05, 0) is 18.4 Å². The van der Waals surface area contributed by atoms with Gasteiger partial charge in [0.1, 0.15) is 0 Å². The van der Waals surface area contributed by atoms with Crippen LogP contribution in [0.15, 0.2) is 11.4 Å². The molecule has 0 aliphatic rings. The van der Waals surface area contributed by atoms with E-state index < -0.39 is 5.97 Å². The summed E-state index contributed by atoms with van der Waals surface area (Å²) in [5.41, 5.74) is 0. The smallest absolute Gasteiger partial charge is 0.352 e. The van der Waals surface area contributed by atoms with E-state index in [2.05, 4.69) is 4.74 Å². The zero-order chi connectivity index (χ0) is 9.68. The van der Waals surface area contributed by atoms with E-state index in [1.807, 2.05) is 0 Å². The van der Waals surface area contributed by atoms with Crippen LogP contribution in [0, 0.1) is 0 Å². The van der Waals surface area contributed by atoms with Crippen molar-refractivity contribution >= 4 is 23.8 Å². The Morgan fingerprint density at radius 3 is 3.08 bits per heavy atom. The van der Waals surface area contributed by atoms with E-state index in [4.69, 9.17) is 4.74 Å². The van der Waals surface area contributed by atoms with Gasteiger partial charge < -0.3 is 9.47 Å². The second kappa shape index (κ2) is 4.61. The molecular formula is C8H8O4S. The average molecular weight is 200 g/mol. The Hall–Kier alpha value is -1.36. The lowest BCUT2D eigenvalue weighted by atomic mass is 10.4. The lowest BCUT2D eigenvalue weighted by molar-refractivity contribution is -0.120. The van der Waals surface area contributed by atoms with Gasteiger partial charge in [-0.25, -0.2) is 4.79 Å². The van der Waals surface area contributed by atoms with E-state index in [9.17, 15) is 9.59 Å². The third kappa shape index (κ3) is 2.29. The summed E-state index contributed by atoms with van der Waals surface area (Å²) < 4.78 is 9.32. The monoisotopic (exact) mass is 200 g/mol. The molecule has 0 unspecified atom stereocenters. The van der Waals surface area contributed by atoms with Crippen molar-refractivity contribution < 1.29 is 19.1 Å². The predicted molar refractivity (Wildman–Crippen MR) is 47.0 cm³/mol. The third-order valence-electron chi connectivity index (χ3n) is 1.27. The molecule has 1 heterocycles. The van der Waals surface area contributed by atoms with Crippen LogP contribution in [0.25, 0.3) is 0 Å². The Morgan fingerprint density at radius 2 is 2.46 bits per heavy atom. The van der Waals surface area contributed by atoms with Gasteiger partial charge in [0, 0.05) is 0 Å². The molecule has 0 aliphatic heterocycles. The SMILES string of the molecule is CCOC(=O)c1sccc1OC=O. The van der Waals surface area contributed by atoms with Crippen LogP contribution in [0.3, 0.4) is 0 Å². The number of carbonyl (C=O) groups excluding carboxylic acids is 2. The molecule has 1 aromatic heterocycles. The minimum absolute atomic E-state index is 0.249. The topological polar surface area (TPSA) is 52.6 Å². The van der Waals surface area contributed by atoms with Crippen LogP contribution >= 0.6 is 11.3 Å². The molecule has 1 rings (SSSR count). The van der Waals surface area contributed by atoms with Crippen molar-refractivity contribution in [3.05, 3.63) is 16.3 Å². The second-order valence-corrected chi connectivity index (χ2v) is 2.96. The number of esters is 1. The van der Waals surface area contributed by atoms with Gasteiger partial charge in [0.05, 0.1) is 6.61 Å². The zero-order valence-corrected chi connectivity index (χ0v) is 7.80. The highest BCUT2D eigenvalue weighted by atomic mass is 32.1. The van der Waals surface area contributed by atoms with Crippen LogP contribution in [-0.2, 0) is 9.53 Å². The van der Waals surface area contributed by atoms with Crippen LogP contribution in [0.4, 0.5) is 0 Å². The summed E-state index contributed by atoms with van der Waals surface area (Å²) in [6.45, 7) is 2.30. The van der Waals surface area contributed by atoms with Crippen molar-refractivity contribution in [3.8, 4) is 5.75 Å². The van der Waals surface area contributed by atoms with E-state index in [-0.39, 0.29) is 12.2 Å². The van der Waals surface area contributed by atoms with E-state index >= 15 is 0 Å². The van der Waals surface area contributed by atoms with Gasteiger partial charge in [0.15, 0.2) is 10.6 Å². The number of hydrogen-bond donors (Lipinski definition) is 0. The van der Waals surface area contributed by atoms with Gasteiger partial charge in [-0.15, -0.1) is 11.3 Å². The summed E-state index contributed by atoms with van der Waals surface area (Å²) in [6.07, 6.45) is 0. The van der Waals surface area contributed by atoms with Crippen LogP contribution < -0.4 is 4.74 Å². The Kier molecular flexibility index (Phi) is 3.45. The van der Waals surface area contributed by atoms with Gasteiger partial charge in [0.25, 0.3) is 6.47 Å². The number of carbonyl (C=O) groups is 2. The first-order valence-corrected chi connectivity index (χ1v) is 4.52. The van der Waals surface area contributed by atoms with Crippen LogP contribution in [-0.4, -0.2) is 19.0 Å². The van der Waals surface area contributed by atoms with Gasteiger partial charge >= 0.3 is 5.97 Å². The molecule has 0 spiro atoms. The Labute approximate surface area is 79.1 Å². The number of thiophene rings is 1. The molecule has 0 N–H and O–H groups in total. The van der Waals surface area contributed by atoms with Gasteiger partial charge in [-0.2, -0.15) is 0 Å². The van der Waals surface area contributed by atoms with Crippen molar-refractivity contribution in [1.29, 1.82) is 0 Å². The minimum Gasteiger partial charge on any atom is -0.462 e. The van der Waals surface area contributed by atoms with Crippen molar-refractivity contribution in [2.75, 3.05) is 6.61 Å². The fourth-order valence-electron chi connectivity index (χ4n) is 0.788. The van der Waals surface area contributed by atoms with Gasteiger partial charge in [0.2, 0.25) is 0 Å². The maximum Gasteiger partial charge on any atom is 0.352 e. The van der Waals surface area contributed by atoms with Crippen molar-refractivity contribution in [1.82, 2.24) is 0 Å². The standard InChI is InChI=1S/C8H8O4S/c1-2-11-8(10)7-6(12-5-9)3-4-13-7/h3-5H,2H2,1H3. The Balaban J connectivity index is 2.80. The van der Waals surface area contributed by atoms with E-state index in [1.54, 1.807) is 18.4 Å². The minimum atomic E-state index is -0.464. The first-order valence-electron chi connectivity index (χ1n) is 3.64. The lowest BCUT2D eigenvalue weighted by Crippen LogP contribution is -2.04. The summed E-state index contributed by atoms with van der Waals surface area (Å²) in [5, 5.41) is 1.66. The molecule has 0 radical (unpaired) electrons. The molecule has 4 nitrogen and oxygen atoms in total. The highest BCUT2D eigenvalue weighted by molar-refractivity contribution is 7.12. The summed E-state index contributed by atoms with van der Waals surface area (Å²) >= 11 is 1.18. The molecule has 0 fully saturated rings. The Morgan fingerprint density at radius 1 is 1.69 bits per heavy atom. The predicted octanol–water partition coefficient (Wildman–Crippen LogP) is 1.46. The highest BCUT2D eigenvalue weighted by Crippen LogP contribution is 2.24. The molecule has 70 valence electrons. The molecule has 13 heavy (non-hydrogen) atoms. The zero-order valence-electron chi connectivity index (χ0n) is 6.98. The molecule has 0 atom stereocenters. The molecular weight excluding hydrogens is 192 g/mol. The van der Waals surface area contributed by atoms with Gasteiger partial charge in [-0.3, -0.25) is 4.79 Å². The highest BCUT2D eigenvalue weighted by Gasteiger charge is 2.14. The molecule has 1 aromatic rings. The molecule has 0 aliphatic carbocycles. The fraction of sp³-hybridized carbons (Fsp3) is 0.250. The molecule has 0 saturated carbocycles. The number of ether oxygens (including phenoxy) is 2. The fourth-order valence-corrected chi connectivity index (χ4v) is 1.50. The Bertz CT molecular complexity index is 305. The molecule has 5 heteroatoms. The summed E-state index contributed by atoms with van der Waals surface area (Å²) in [7, 11) is 0. The normalized spacial score (nSPS) is 9.31. The maximum absolute atomic E-state index is 11.2. The number of hydrogen-bond acceptors (Lipinski definition) is 5. The van der Waals surface area contributed by atoms with E-state index in [1.165, 1.54) is 11.3 Å². The van der Waals surface area contributed by atoms with E-state index in [0.717, 1.165) is 0 Å². The third-order valence-corrected chi connectivity index (χ3v) is 2.14. The lowest BCUT2D eigenvalue weighted by Gasteiger charge is -2.00. The summed E-state index contributed by atoms with van der Waals surface area (Å²) in [4.78, 5) is 21.5. The molecule has 0 saturated heterocycles. The molecule has 0 bridgehead atoms. The van der Waals surface area contributed by atoms with Crippen molar-refractivity contribution in [2.24, 2.45) is 0 Å². The first kappa shape index (κ1) is 9.73. The molecule has 0 amide bonds. The van der Waals surface area contributed by atoms with Crippen LogP contribution in [0.5, 0.6) is 5.75 Å².